The van der Waals surface area contributed by atoms with Gasteiger partial charge in [0.25, 0.3) is 0 Å². The smallest absolute Gasteiger partial charge is 0.330 e. The Hall–Kier alpha value is -0.790. The SMILES string of the molecule is C=CC(=O)OC(CC)C(CC)CCCC. The maximum absolute atomic E-state index is 11.1. The van der Waals surface area contributed by atoms with E-state index in [1.165, 1.54) is 18.9 Å². The molecule has 0 saturated heterocycles. The third-order valence-corrected chi connectivity index (χ3v) is 2.82. The number of ether oxygens (including phenoxy) is 1. The molecule has 0 heterocycles. The van der Waals surface area contributed by atoms with Crippen LogP contribution >= 0.6 is 0 Å². The highest BCUT2D eigenvalue weighted by Gasteiger charge is 2.20. The lowest BCUT2D eigenvalue weighted by Gasteiger charge is -2.24. The number of unbranched alkanes of at least 4 members (excludes halogenated alkanes) is 1. The Kier molecular flexibility index (Phi) is 8.06. The maximum Gasteiger partial charge on any atom is 0.330 e. The summed E-state index contributed by atoms with van der Waals surface area (Å²) >= 11 is 0. The quantitative estimate of drug-likeness (QED) is 0.453. The fraction of sp³-hybridized carbons (Fsp3) is 0.769. The summed E-state index contributed by atoms with van der Waals surface area (Å²) in [6.07, 6.45) is 6.82. The van der Waals surface area contributed by atoms with Crippen molar-refractivity contribution < 1.29 is 9.53 Å². The molecule has 0 N–H and O–H groups in total. The summed E-state index contributed by atoms with van der Waals surface area (Å²) in [5.74, 6) is 0.204. The first kappa shape index (κ1) is 14.2. The average Bonchev–Trinajstić information content (AvgIpc) is 2.27. The number of hydrogen-bond acceptors (Lipinski definition) is 2. The van der Waals surface area contributed by atoms with Crippen LogP contribution in [0.5, 0.6) is 0 Å². The van der Waals surface area contributed by atoms with Gasteiger partial charge in [0.05, 0.1) is 0 Å². The molecule has 2 unspecified atom stereocenters. The molecule has 0 rings (SSSR count). The monoisotopic (exact) mass is 212 g/mol. The lowest BCUT2D eigenvalue weighted by atomic mass is 9.92. The first-order chi connectivity index (χ1) is 7.19. The van der Waals surface area contributed by atoms with E-state index in [2.05, 4.69) is 27.4 Å². The molecule has 0 fully saturated rings. The Labute approximate surface area is 93.7 Å². The maximum atomic E-state index is 11.1. The van der Waals surface area contributed by atoms with Crippen LogP contribution in [0.25, 0.3) is 0 Å². The summed E-state index contributed by atoms with van der Waals surface area (Å²) in [5, 5.41) is 0. The number of hydrogen-bond donors (Lipinski definition) is 0. The van der Waals surface area contributed by atoms with E-state index in [-0.39, 0.29) is 12.1 Å². The van der Waals surface area contributed by atoms with Gasteiger partial charge in [-0.05, 0) is 25.2 Å². The van der Waals surface area contributed by atoms with Gasteiger partial charge in [0.1, 0.15) is 6.10 Å². The number of esters is 1. The van der Waals surface area contributed by atoms with Crippen LogP contribution < -0.4 is 0 Å². The fourth-order valence-corrected chi connectivity index (χ4v) is 1.83. The second-order valence-corrected chi connectivity index (χ2v) is 3.90. The highest BCUT2D eigenvalue weighted by atomic mass is 16.5. The molecule has 0 amide bonds. The number of carbonyl (C=O) groups is 1. The van der Waals surface area contributed by atoms with Crippen LogP contribution in [0.4, 0.5) is 0 Å². The molecule has 2 heteroatoms. The van der Waals surface area contributed by atoms with Gasteiger partial charge in [-0.1, -0.05) is 40.2 Å². The van der Waals surface area contributed by atoms with Crippen molar-refractivity contribution in [1.82, 2.24) is 0 Å². The van der Waals surface area contributed by atoms with Gasteiger partial charge < -0.3 is 4.74 Å². The zero-order valence-electron chi connectivity index (χ0n) is 10.3. The Balaban J connectivity index is 4.19. The predicted octanol–water partition coefficient (Wildman–Crippen LogP) is 3.71. The fourth-order valence-electron chi connectivity index (χ4n) is 1.83. The largest absolute Gasteiger partial charge is 0.459 e. The minimum atomic E-state index is -0.295. The zero-order chi connectivity index (χ0) is 11.7. The average molecular weight is 212 g/mol. The van der Waals surface area contributed by atoms with Gasteiger partial charge in [0.15, 0.2) is 0 Å². The zero-order valence-corrected chi connectivity index (χ0v) is 10.3. The van der Waals surface area contributed by atoms with Crippen LogP contribution in [0.15, 0.2) is 12.7 Å². The standard InChI is InChI=1S/C13H24O2/c1-5-9-10-11(6-2)12(7-3)15-13(14)8-4/h8,11-12H,4-7,9-10H2,1-3H3. The van der Waals surface area contributed by atoms with Gasteiger partial charge in [-0.25, -0.2) is 4.79 Å². The third-order valence-electron chi connectivity index (χ3n) is 2.82. The van der Waals surface area contributed by atoms with Gasteiger partial charge in [0, 0.05) is 6.08 Å². The molecule has 2 atom stereocenters. The molecule has 0 aliphatic rings. The van der Waals surface area contributed by atoms with E-state index < -0.39 is 0 Å². The van der Waals surface area contributed by atoms with Crippen molar-refractivity contribution in [2.75, 3.05) is 0 Å². The molecule has 0 aromatic heterocycles. The summed E-state index contributed by atoms with van der Waals surface area (Å²) in [4.78, 5) is 11.1. The van der Waals surface area contributed by atoms with E-state index in [1.54, 1.807) is 0 Å². The van der Waals surface area contributed by atoms with Crippen LogP contribution in [0.3, 0.4) is 0 Å². The van der Waals surface area contributed by atoms with Gasteiger partial charge in [0.2, 0.25) is 0 Å². The van der Waals surface area contributed by atoms with Crippen LogP contribution in [-0.2, 0) is 9.53 Å². The molecule has 0 aliphatic heterocycles. The van der Waals surface area contributed by atoms with Crippen molar-refractivity contribution >= 4 is 5.97 Å². The molecular formula is C13H24O2. The second kappa shape index (κ2) is 8.51. The lowest BCUT2D eigenvalue weighted by molar-refractivity contribution is -0.146. The lowest BCUT2D eigenvalue weighted by Crippen LogP contribution is -2.25. The van der Waals surface area contributed by atoms with Crippen LogP contribution in [0.2, 0.25) is 0 Å². The highest BCUT2D eigenvalue weighted by Crippen LogP contribution is 2.21. The summed E-state index contributed by atoms with van der Waals surface area (Å²) in [5.41, 5.74) is 0. The van der Waals surface area contributed by atoms with Gasteiger partial charge in [-0.3, -0.25) is 0 Å². The second-order valence-electron chi connectivity index (χ2n) is 3.90. The van der Waals surface area contributed by atoms with E-state index in [0.717, 1.165) is 19.3 Å². The third kappa shape index (κ3) is 5.60. The van der Waals surface area contributed by atoms with E-state index in [1.807, 2.05) is 0 Å². The molecule has 2 nitrogen and oxygen atoms in total. The molecule has 0 spiro atoms. The first-order valence-electron chi connectivity index (χ1n) is 6.02. The van der Waals surface area contributed by atoms with E-state index >= 15 is 0 Å². The minimum absolute atomic E-state index is 0.0621. The molecule has 0 saturated carbocycles. The molecule has 0 aromatic carbocycles. The molecule has 15 heavy (non-hydrogen) atoms. The molecule has 88 valence electrons. The Bertz CT molecular complexity index is 187. The van der Waals surface area contributed by atoms with Gasteiger partial charge in [-0.15, -0.1) is 0 Å². The topological polar surface area (TPSA) is 26.3 Å². The molecule has 0 aromatic rings. The van der Waals surface area contributed by atoms with Crippen molar-refractivity contribution in [3.05, 3.63) is 12.7 Å². The first-order valence-corrected chi connectivity index (χ1v) is 6.02. The van der Waals surface area contributed by atoms with Gasteiger partial charge in [-0.2, -0.15) is 0 Å². The summed E-state index contributed by atoms with van der Waals surface area (Å²) in [7, 11) is 0. The Morgan fingerprint density at radius 2 is 2.00 bits per heavy atom. The Morgan fingerprint density at radius 1 is 1.33 bits per heavy atom. The number of rotatable bonds is 8. The molecule has 0 bridgehead atoms. The Morgan fingerprint density at radius 3 is 2.40 bits per heavy atom. The predicted molar refractivity (Wildman–Crippen MR) is 63.7 cm³/mol. The van der Waals surface area contributed by atoms with Gasteiger partial charge >= 0.3 is 5.97 Å². The van der Waals surface area contributed by atoms with Crippen molar-refractivity contribution in [2.24, 2.45) is 5.92 Å². The van der Waals surface area contributed by atoms with Crippen molar-refractivity contribution in [3.8, 4) is 0 Å². The minimum Gasteiger partial charge on any atom is -0.459 e. The molecule has 0 radical (unpaired) electrons. The van der Waals surface area contributed by atoms with Crippen molar-refractivity contribution in [3.63, 3.8) is 0 Å². The summed E-state index contributed by atoms with van der Waals surface area (Å²) in [6.45, 7) is 9.83. The summed E-state index contributed by atoms with van der Waals surface area (Å²) in [6, 6.07) is 0. The van der Waals surface area contributed by atoms with E-state index in [4.69, 9.17) is 4.74 Å². The molecular weight excluding hydrogens is 188 g/mol. The summed E-state index contributed by atoms with van der Waals surface area (Å²) < 4.78 is 5.34. The van der Waals surface area contributed by atoms with E-state index in [9.17, 15) is 4.79 Å². The van der Waals surface area contributed by atoms with Crippen LogP contribution in [0.1, 0.15) is 52.9 Å². The van der Waals surface area contributed by atoms with Crippen molar-refractivity contribution in [1.29, 1.82) is 0 Å². The number of carbonyl (C=O) groups excluding carboxylic acids is 1. The van der Waals surface area contributed by atoms with Crippen molar-refractivity contribution in [2.45, 2.75) is 59.0 Å². The normalized spacial score (nSPS) is 14.3. The highest BCUT2D eigenvalue weighted by molar-refractivity contribution is 5.81. The van der Waals surface area contributed by atoms with Crippen LogP contribution in [0, 0.1) is 5.92 Å². The molecule has 0 aliphatic carbocycles. The van der Waals surface area contributed by atoms with Crippen LogP contribution in [-0.4, -0.2) is 12.1 Å². The van der Waals surface area contributed by atoms with E-state index in [0.29, 0.717) is 5.92 Å².